The lowest BCUT2D eigenvalue weighted by atomic mass is 10.1. The van der Waals surface area contributed by atoms with Gasteiger partial charge in [-0.2, -0.15) is 16.6 Å². The van der Waals surface area contributed by atoms with E-state index in [9.17, 15) is 14.4 Å². The summed E-state index contributed by atoms with van der Waals surface area (Å²) in [6.07, 6.45) is 2.29. The van der Waals surface area contributed by atoms with Crippen molar-refractivity contribution in [1.29, 1.82) is 0 Å². The van der Waals surface area contributed by atoms with Crippen molar-refractivity contribution in [2.24, 2.45) is 0 Å². The predicted molar refractivity (Wildman–Crippen MR) is 80.1 cm³/mol. The molecule has 8 heteroatoms. The van der Waals surface area contributed by atoms with Crippen molar-refractivity contribution < 1.29 is 23.9 Å². The van der Waals surface area contributed by atoms with Crippen molar-refractivity contribution in [1.82, 2.24) is 5.32 Å². The van der Waals surface area contributed by atoms with Crippen LogP contribution >= 0.6 is 11.8 Å². The van der Waals surface area contributed by atoms with E-state index in [1.807, 2.05) is 0 Å². The van der Waals surface area contributed by atoms with Gasteiger partial charge >= 0.3 is 12.2 Å². The van der Waals surface area contributed by atoms with E-state index in [1.54, 1.807) is 27.0 Å². The fourth-order valence-electron chi connectivity index (χ4n) is 1.38. The number of nitrogens with zero attached hydrogens (tertiary/aromatic N) is 2. The molecule has 118 valence electrons. The molecule has 0 heterocycles. The molecule has 0 saturated heterocycles. The normalized spacial score (nSPS) is 13.0. The highest BCUT2D eigenvalue weighted by Crippen LogP contribution is 2.08. The van der Waals surface area contributed by atoms with Crippen LogP contribution < -0.4 is 5.32 Å². The number of ether oxygens (including phenoxy) is 1. The summed E-state index contributed by atoms with van der Waals surface area (Å²) in [5.74, 6) is -1.32. The molecule has 0 radical (unpaired) electrons. The Hall–Kier alpha value is -1.66. The van der Waals surface area contributed by atoms with Crippen molar-refractivity contribution in [3.8, 4) is 0 Å². The first-order valence-electron chi connectivity index (χ1n) is 6.55. The lowest BCUT2D eigenvalue weighted by Crippen LogP contribution is -2.45. The summed E-state index contributed by atoms with van der Waals surface area (Å²) >= 11 is 1.35. The summed E-state index contributed by atoms with van der Waals surface area (Å²) in [6.45, 7) is 5.12. The van der Waals surface area contributed by atoms with E-state index >= 15 is 0 Å². The van der Waals surface area contributed by atoms with Gasteiger partial charge in [0, 0.05) is 6.42 Å². The quantitative estimate of drug-likeness (QED) is 0.293. The number of Topliss-reactive ketones (excluding diaryl/α,β-unsaturated/α-hetero) is 1. The zero-order valence-electron chi connectivity index (χ0n) is 12.7. The summed E-state index contributed by atoms with van der Waals surface area (Å²) in [6, 6.07) is -0.898. The SMILES string of the molecule is CS[C@@H](C)C(=O)N[C@@H](CCC(=O)C=[N+]=[N-])C(=O)OC(C)C. The van der Waals surface area contributed by atoms with Gasteiger partial charge in [0.15, 0.2) is 0 Å². The number of ketones is 1. The molecule has 1 amide bonds. The smallest absolute Gasteiger partial charge is 0.328 e. The van der Waals surface area contributed by atoms with Gasteiger partial charge in [0.05, 0.1) is 11.4 Å². The Morgan fingerprint density at radius 2 is 1.95 bits per heavy atom. The number of hydrogen-bond donors (Lipinski definition) is 1. The predicted octanol–water partition coefficient (Wildman–Crippen LogP) is 0.824. The average Bonchev–Trinajstić information content (AvgIpc) is 2.41. The van der Waals surface area contributed by atoms with E-state index in [0.29, 0.717) is 0 Å². The Labute approximate surface area is 128 Å². The standard InChI is InChI=1S/C13H21N3O4S/c1-8(2)20-13(19)11(6-5-10(17)7-15-14)16-12(18)9(3)21-4/h7-9,11H,5-6H2,1-4H3,(H,16,18)/t9-,11-/m0/s1. The largest absolute Gasteiger partial charge is 0.461 e. The molecule has 0 saturated carbocycles. The first kappa shape index (κ1) is 19.3. The highest BCUT2D eigenvalue weighted by Gasteiger charge is 2.26. The van der Waals surface area contributed by atoms with Gasteiger partial charge in [-0.1, -0.05) is 0 Å². The molecule has 0 aromatic heterocycles. The van der Waals surface area contributed by atoms with Gasteiger partial charge in [-0.15, -0.1) is 0 Å². The van der Waals surface area contributed by atoms with Gasteiger partial charge in [0.2, 0.25) is 11.7 Å². The fourth-order valence-corrected chi connectivity index (χ4v) is 1.66. The first-order valence-corrected chi connectivity index (χ1v) is 7.84. The topological polar surface area (TPSA) is 109 Å². The third-order valence-corrected chi connectivity index (χ3v) is 3.48. The Kier molecular flexibility index (Phi) is 9.32. The third kappa shape index (κ3) is 8.27. The first-order chi connectivity index (χ1) is 9.81. The van der Waals surface area contributed by atoms with E-state index in [1.165, 1.54) is 11.8 Å². The van der Waals surface area contributed by atoms with E-state index < -0.39 is 17.8 Å². The van der Waals surface area contributed by atoms with Gasteiger partial charge in [0.1, 0.15) is 6.04 Å². The van der Waals surface area contributed by atoms with Crippen LogP contribution in [-0.4, -0.2) is 52.3 Å². The number of esters is 1. The summed E-state index contributed by atoms with van der Waals surface area (Å²) in [4.78, 5) is 37.7. The van der Waals surface area contributed by atoms with Gasteiger partial charge in [-0.3, -0.25) is 9.59 Å². The highest BCUT2D eigenvalue weighted by molar-refractivity contribution is 7.99. The fraction of sp³-hybridized carbons (Fsp3) is 0.692. The summed E-state index contributed by atoms with van der Waals surface area (Å²) in [5, 5.41) is 2.27. The van der Waals surface area contributed by atoms with Gasteiger partial charge in [-0.05, 0) is 33.4 Å². The van der Waals surface area contributed by atoms with E-state index in [0.717, 1.165) is 6.21 Å². The lowest BCUT2D eigenvalue weighted by molar-refractivity contribution is -0.151. The molecule has 7 nitrogen and oxygen atoms in total. The summed E-state index contributed by atoms with van der Waals surface area (Å²) in [5.41, 5.74) is 8.26. The van der Waals surface area contributed by atoms with Crippen molar-refractivity contribution in [3.63, 3.8) is 0 Å². The van der Waals surface area contributed by atoms with E-state index in [2.05, 4.69) is 10.1 Å². The third-order valence-electron chi connectivity index (χ3n) is 2.56. The maximum Gasteiger partial charge on any atom is 0.328 e. The van der Waals surface area contributed by atoms with Crippen molar-refractivity contribution in [2.75, 3.05) is 6.26 Å². The molecule has 0 fully saturated rings. The van der Waals surface area contributed by atoms with Crippen LogP contribution in [0, 0.1) is 0 Å². The monoisotopic (exact) mass is 315 g/mol. The number of rotatable bonds is 9. The molecule has 0 aliphatic heterocycles. The number of carbonyl (C=O) groups is 3. The van der Waals surface area contributed by atoms with Gasteiger partial charge < -0.3 is 15.6 Å². The molecule has 0 unspecified atom stereocenters. The highest BCUT2D eigenvalue weighted by atomic mass is 32.2. The van der Waals surface area contributed by atoms with Crippen LogP contribution in [0.15, 0.2) is 0 Å². The molecular formula is C13H21N3O4S. The zero-order valence-corrected chi connectivity index (χ0v) is 13.5. The number of amides is 1. The molecule has 0 aliphatic carbocycles. The molecule has 2 atom stereocenters. The molecule has 1 N–H and O–H groups in total. The van der Waals surface area contributed by atoms with Crippen molar-refractivity contribution >= 4 is 35.6 Å². The van der Waals surface area contributed by atoms with Crippen LogP contribution in [0.25, 0.3) is 5.53 Å². The number of thioether (sulfide) groups is 1. The maximum atomic E-state index is 11.9. The van der Waals surface area contributed by atoms with Gasteiger partial charge in [0.25, 0.3) is 0 Å². The van der Waals surface area contributed by atoms with Crippen molar-refractivity contribution in [3.05, 3.63) is 5.53 Å². The Morgan fingerprint density at radius 1 is 1.33 bits per heavy atom. The van der Waals surface area contributed by atoms with E-state index in [-0.39, 0.29) is 30.1 Å². The number of hydrogen-bond acceptors (Lipinski definition) is 5. The summed E-state index contributed by atoms with van der Waals surface area (Å²) < 4.78 is 5.06. The Morgan fingerprint density at radius 3 is 2.43 bits per heavy atom. The second-order valence-electron chi connectivity index (χ2n) is 4.67. The summed E-state index contributed by atoms with van der Waals surface area (Å²) in [7, 11) is 0. The van der Waals surface area contributed by atoms with Crippen LogP contribution in [-0.2, 0) is 19.1 Å². The second kappa shape index (κ2) is 10.1. The van der Waals surface area contributed by atoms with Crippen LogP contribution in [0.1, 0.15) is 33.6 Å². The minimum absolute atomic E-state index is 0.0319. The van der Waals surface area contributed by atoms with Crippen LogP contribution in [0.2, 0.25) is 0 Å². The molecule has 21 heavy (non-hydrogen) atoms. The molecule has 0 aromatic rings. The van der Waals surface area contributed by atoms with Crippen molar-refractivity contribution in [2.45, 2.75) is 51.0 Å². The van der Waals surface area contributed by atoms with Crippen LogP contribution in [0.4, 0.5) is 0 Å². The maximum absolute atomic E-state index is 11.9. The number of nitrogens with one attached hydrogen (secondary N) is 1. The molecular weight excluding hydrogens is 294 g/mol. The molecule has 0 spiro atoms. The molecule has 0 aliphatic rings. The van der Waals surface area contributed by atoms with Gasteiger partial charge in [-0.25, -0.2) is 4.79 Å². The minimum Gasteiger partial charge on any atom is -0.461 e. The average molecular weight is 315 g/mol. The lowest BCUT2D eigenvalue weighted by Gasteiger charge is -2.20. The Balaban J connectivity index is 4.75. The second-order valence-corrected chi connectivity index (χ2v) is 5.85. The minimum atomic E-state index is -0.898. The van der Waals surface area contributed by atoms with E-state index in [4.69, 9.17) is 10.3 Å². The van der Waals surface area contributed by atoms with Crippen LogP contribution in [0.3, 0.4) is 0 Å². The number of carbonyl (C=O) groups excluding carboxylic acids is 3. The Bertz CT molecular complexity index is 433. The molecule has 0 aromatic carbocycles. The molecule has 0 bridgehead atoms. The zero-order chi connectivity index (χ0) is 16.4. The van der Waals surface area contributed by atoms with Crippen LogP contribution in [0.5, 0.6) is 0 Å². The molecule has 0 rings (SSSR count).